The minimum absolute atomic E-state index is 0.475. The van der Waals surface area contributed by atoms with Crippen molar-refractivity contribution >= 4 is 0 Å². The van der Waals surface area contributed by atoms with Gasteiger partial charge in [-0.2, -0.15) is 5.26 Å². The third-order valence-electron chi connectivity index (χ3n) is 3.25. The van der Waals surface area contributed by atoms with E-state index in [1.165, 1.54) is 64.2 Å². The average molecular weight is 265 g/mol. The van der Waals surface area contributed by atoms with Gasteiger partial charge in [0, 0.05) is 0 Å². The van der Waals surface area contributed by atoms with Crippen LogP contribution in [0.1, 0.15) is 84.0 Å². The molecule has 0 radical (unpaired) electrons. The lowest BCUT2D eigenvalue weighted by Gasteiger charge is -2.01. The first-order valence-corrected chi connectivity index (χ1v) is 8.05. The Labute approximate surface area is 119 Å². The molecule has 0 aliphatic carbocycles. The van der Waals surface area contributed by atoms with Crippen molar-refractivity contribution in [2.24, 2.45) is 0 Å². The summed E-state index contributed by atoms with van der Waals surface area (Å²) < 4.78 is 5.16. The summed E-state index contributed by atoms with van der Waals surface area (Å²) in [5.74, 6) is 0. The van der Waals surface area contributed by atoms with E-state index in [0.717, 1.165) is 6.42 Å². The third kappa shape index (κ3) is 17.0. The van der Waals surface area contributed by atoms with Crippen molar-refractivity contribution in [2.45, 2.75) is 84.0 Å². The van der Waals surface area contributed by atoms with Gasteiger partial charge in [-0.1, -0.05) is 64.7 Å². The molecule has 2 nitrogen and oxygen atoms in total. The van der Waals surface area contributed by atoms with E-state index in [1.807, 2.05) is 0 Å². The molecule has 0 spiro atoms. The van der Waals surface area contributed by atoms with Gasteiger partial charge in [-0.05, 0) is 18.9 Å². The van der Waals surface area contributed by atoms with Gasteiger partial charge >= 0.3 is 0 Å². The van der Waals surface area contributed by atoms with E-state index in [1.54, 1.807) is 6.26 Å². The summed E-state index contributed by atoms with van der Waals surface area (Å²) in [7, 11) is 0. The molecule has 110 valence electrons. The second kappa shape index (κ2) is 17.0. The van der Waals surface area contributed by atoms with Gasteiger partial charge in [0.25, 0.3) is 0 Å². The summed E-state index contributed by atoms with van der Waals surface area (Å²) in [6.07, 6.45) is 19.2. The summed E-state index contributed by atoms with van der Waals surface area (Å²) >= 11 is 0. The maximum atomic E-state index is 8.32. The van der Waals surface area contributed by atoms with Crippen molar-refractivity contribution in [1.82, 2.24) is 0 Å². The molecule has 0 fully saturated rings. The third-order valence-corrected chi connectivity index (χ3v) is 3.25. The highest BCUT2D eigenvalue weighted by Crippen LogP contribution is 2.11. The number of nitrogens with zero attached hydrogens (tertiary/aromatic N) is 1. The Bertz CT molecular complexity index is 230. The number of hydrogen-bond acceptors (Lipinski definition) is 2. The molecule has 0 heterocycles. The molecule has 2 heteroatoms. The molecule has 0 saturated carbocycles. The fraction of sp³-hybridized carbons (Fsp3) is 0.824. The maximum absolute atomic E-state index is 8.32. The van der Waals surface area contributed by atoms with Gasteiger partial charge in [0.15, 0.2) is 0 Å². The summed E-state index contributed by atoms with van der Waals surface area (Å²) in [6.45, 7) is 2.79. The first kappa shape index (κ1) is 18.0. The zero-order valence-electron chi connectivity index (χ0n) is 12.7. The molecule has 0 N–H and O–H groups in total. The number of rotatable bonds is 14. The molecule has 0 aromatic carbocycles. The van der Waals surface area contributed by atoms with Crippen LogP contribution in [-0.4, -0.2) is 6.61 Å². The molecule has 19 heavy (non-hydrogen) atoms. The normalized spacial score (nSPS) is 10.7. The van der Waals surface area contributed by atoms with Crippen LogP contribution >= 0.6 is 0 Å². The Hall–Kier alpha value is -0.970. The van der Waals surface area contributed by atoms with E-state index in [9.17, 15) is 0 Å². The first-order valence-electron chi connectivity index (χ1n) is 8.05. The van der Waals surface area contributed by atoms with Gasteiger partial charge in [-0.3, -0.25) is 0 Å². The minimum Gasteiger partial charge on any atom is -0.500 e. The monoisotopic (exact) mass is 265 g/mol. The van der Waals surface area contributed by atoms with Crippen molar-refractivity contribution in [3.05, 3.63) is 12.3 Å². The van der Waals surface area contributed by atoms with Crippen LogP contribution in [0.3, 0.4) is 0 Å². The standard InChI is InChI=1S/C17H31NO/c1-2-3-4-5-6-7-8-9-10-11-12-13-16-19-17-14-15-18/h13,16H,2-12,14,17H2,1H3/b16-13+. The van der Waals surface area contributed by atoms with E-state index >= 15 is 0 Å². The molecule has 0 aromatic heterocycles. The fourth-order valence-corrected chi connectivity index (χ4v) is 2.06. The lowest BCUT2D eigenvalue weighted by Crippen LogP contribution is -1.84. The van der Waals surface area contributed by atoms with Gasteiger partial charge in [0.1, 0.15) is 6.61 Å². The van der Waals surface area contributed by atoms with Crippen molar-refractivity contribution in [3.63, 3.8) is 0 Å². The molecule has 0 aliphatic heterocycles. The molecule has 0 rings (SSSR count). The highest BCUT2D eigenvalue weighted by molar-refractivity contribution is 4.75. The maximum Gasteiger partial charge on any atom is 0.100 e. The molecular weight excluding hydrogens is 234 g/mol. The van der Waals surface area contributed by atoms with Crippen LogP contribution in [0.4, 0.5) is 0 Å². The van der Waals surface area contributed by atoms with Crippen LogP contribution in [0.25, 0.3) is 0 Å². The van der Waals surface area contributed by atoms with E-state index in [2.05, 4.69) is 19.1 Å². The van der Waals surface area contributed by atoms with Crippen LogP contribution in [0.5, 0.6) is 0 Å². The van der Waals surface area contributed by atoms with E-state index < -0.39 is 0 Å². The van der Waals surface area contributed by atoms with Crippen molar-refractivity contribution in [3.8, 4) is 6.07 Å². The quantitative estimate of drug-likeness (QED) is 0.296. The van der Waals surface area contributed by atoms with Crippen molar-refractivity contribution < 1.29 is 4.74 Å². The Balaban J connectivity index is 3.00. The summed E-state index contributed by atoms with van der Waals surface area (Å²) in [5, 5.41) is 8.32. The number of ether oxygens (including phenoxy) is 1. The summed E-state index contributed by atoms with van der Waals surface area (Å²) in [4.78, 5) is 0. The predicted octanol–water partition coefficient (Wildman–Crippen LogP) is 5.74. The van der Waals surface area contributed by atoms with Crippen LogP contribution < -0.4 is 0 Å². The lowest BCUT2D eigenvalue weighted by molar-refractivity contribution is 0.256. The first-order chi connectivity index (χ1) is 9.41. The van der Waals surface area contributed by atoms with Gasteiger partial charge in [0.2, 0.25) is 0 Å². The van der Waals surface area contributed by atoms with Crippen molar-refractivity contribution in [2.75, 3.05) is 6.61 Å². The second-order valence-corrected chi connectivity index (χ2v) is 5.12. The van der Waals surface area contributed by atoms with E-state index in [4.69, 9.17) is 10.00 Å². The molecule has 0 saturated heterocycles. The molecule has 0 atom stereocenters. The highest BCUT2D eigenvalue weighted by atomic mass is 16.5. The van der Waals surface area contributed by atoms with Crippen molar-refractivity contribution in [1.29, 1.82) is 5.26 Å². The predicted molar refractivity (Wildman–Crippen MR) is 81.8 cm³/mol. The van der Waals surface area contributed by atoms with Gasteiger partial charge in [-0.15, -0.1) is 0 Å². The number of unbranched alkanes of at least 4 members (excludes halogenated alkanes) is 10. The zero-order chi connectivity index (χ0) is 14.0. The van der Waals surface area contributed by atoms with Gasteiger partial charge in [-0.25, -0.2) is 0 Å². The molecule has 0 aliphatic rings. The zero-order valence-corrected chi connectivity index (χ0v) is 12.7. The van der Waals surface area contributed by atoms with Crippen LogP contribution in [-0.2, 0) is 4.74 Å². The number of hydrogen-bond donors (Lipinski definition) is 0. The number of allylic oxidation sites excluding steroid dienone is 1. The SMILES string of the molecule is CCCCCCCCCCCC/C=C/OCCC#N. The summed E-state index contributed by atoms with van der Waals surface area (Å²) in [5.41, 5.74) is 0. The molecular formula is C17H31NO. The van der Waals surface area contributed by atoms with E-state index in [0.29, 0.717) is 13.0 Å². The molecule has 0 amide bonds. The van der Waals surface area contributed by atoms with Gasteiger partial charge < -0.3 is 4.74 Å². The Morgan fingerprint density at radius 3 is 2.05 bits per heavy atom. The smallest absolute Gasteiger partial charge is 0.100 e. The molecule has 0 bridgehead atoms. The Morgan fingerprint density at radius 2 is 1.47 bits per heavy atom. The van der Waals surface area contributed by atoms with Crippen LogP contribution in [0.15, 0.2) is 12.3 Å². The second-order valence-electron chi connectivity index (χ2n) is 5.12. The highest BCUT2D eigenvalue weighted by Gasteiger charge is 1.91. The Morgan fingerprint density at radius 1 is 0.895 bits per heavy atom. The van der Waals surface area contributed by atoms with Gasteiger partial charge in [0.05, 0.1) is 18.8 Å². The fourth-order valence-electron chi connectivity index (χ4n) is 2.06. The van der Waals surface area contributed by atoms with E-state index in [-0.39, 0.29) is 0 Å². The molecule has 0 unspecified atom stereocenters. The molecule has 0 aromatic rings. The van der Waals surface area contributed by atoms with Crippen LogP contribution in [0, 0.1) is 11.3 Å². The lowest BCUT2D eigenvalue weighted by atomic mass is 10.1. The number of nitriles is 1. The van der Waals surface area contributed by atoms with Crippen LogP contribution in [0.2, 0.25) is 0 Å². The summed E-state index contributed by atoms with van der Waals surface area (Å²) in [6, 6.07) is 2.06. The Kier molecular flexibility index (Phi) is 16.2. The topological polar surface area (TPSA) is 33.0 Å². The minimum atomic E-state index is 0.475. The largest absolute Gasteiger partial charge is 0.500 e. The average Bonchev–Trinajstić information content (AvgIpc) is 2.43.